The normalized spacial score (nSPS) is 4.16. The van der Waals surface area contributed by atoms with E-state index >= 15 is 0 Å². The van der Waals surface area contributed by atoms with Crippen LogP contribution in [0.4, 0.5) is 0 Å². The van der Waals surface area contributed by atoms with E-state index in [0.29, 0.717) is 0 Å². The SMILES string of the molecule is C.C.CC.O=C=O.[2H][C-]=O.[2H][C-]=O.[CH2-]CC(=O)O.[CH3-].[Ni+2].[Ni+2]. The molecule has 0 amide bonds. The van der Waals surface area contributed by atoms with Crippen molar-refractivity contribution in [3.8, 4) is 0 Å². The minimum atomic E-state index is -0.856. The van der Waals surface area contributed by atoms with Crippen molar-refractivity contribution >= 4 is 25.7 Å². The summed E-state index contributed by atoms with van der Waals surface area (Å²) in [5, 5.41) is 7.66. The average molecular weight is 372 g/mol. The van der Waals surface area contributed by atoms with E-state index in [2.05, 4.69) is 6.92 Å². The summed E-state index contributed by atoms with van der Waals surface area (Å²) in [6, 6.07) is 0. The molecule has 0 heterocycles. The molecule has 0 rings (SSSR count). The van der Waals surface area contributed by atoms with Gasteiger partial charge in [-0.25, -0.2) is 0 Å². The van der Waals surface area contributed by atoms with Gasteiger partial charge in [0.05, 0.1) is 0 Å². The van der Waals surface area contributed by atoms with Gasteiger partial charge in [-0.1, -0.05) is 35.1 Å². The van der Waals surface area contributed by atoms with Crippen LogP contribution < -0.4 is 0 Å². The Bertz CT molecular complexity index is 172. The first-order chi connectivity index (χ1) is 7.51. The van der Waals surface area contributed by atoms with Crippen LogP contribution in [0.25, 0.3) is 0 Å². The first-order valence-electron chi connectivity index (χ1n) is 4.10. The van der Waals surface area contributed by atoms with Gasteiger partial charge in [0.25, 0.3) is 5.97 Å². The van der Waals surface area contributed by atoms with Crippen LogP contribution in [-0.4, -0.2) is 30.8 Å². The fraction of sp³-hybridized carbons (Fsp3) is 0.455. The first-order valence-corrected chi connectivity index (χ1v) is 3.10. The molecule has 0 aliphatic heterocycles. The predicted octanol–water partition coefficient (Wildman–Crippen LogP) is 1.91. The van der Waals surface area contributed by atoms with Crippen LogP contribution in [0.15, 0.2) is 0 Å². The van der Waals surface area contributed by atoms with Gasteiger partial charge in [0.1, 0.15) is 0 Å². The molecule has 0 aliphatic rings. The van der Waals surface area contributed by atoms with Gasteiger partial charge in [-0.3, -0.25) is 18.3 Å². The molecule has 1 N–H and O–H groups in total. The molecule has 0 aromatic rings. The molecule has 0 aromatic carbocycles. The third-order valence-electron chi connectivity index (χ3n) is 0.214. The summed E-state index contributed by atoms with van der Waals surface area (Å²) in [6.07, 6.45) is 0.222. The summed E-state index contributed by atoms with van der Waals surface area (Å²) in [4.78, 5) is 42.2. The topological polar surface area (TPSA) is 106 Å². The largest absolute Gasteiger partial charge is 2.00 e. The molecular weight excluding hydrogens is 346 g/mol. The molecule has 0 fully saturated rings. The van der Waals surface area contributed by atoms with Crippen LogP contribution >= 0.6 is 0 Å². The van der Waals surface area contributed by atoms with Crippen molar-refractivity contribution in [2.24, 2.45) is 0 Å². The number of hydrogen-bond acceptors (Lipinski definition) is 5. The second kappa shape index (κ2) is 258. The van der Waals surface area contributed by atoms with E-state index in [1.807, 2.05) is 13.8 Å². The molecule has 0 saturated carbocycles. The smallest absolute Gasteiger partial charge is 0.545 e. The molecule has 0 aliphatic carbocycles. The maximum absolute atomic E-state index is 9.31. The van der Waals surface area contributed by atoms with Gasteiger partial charge in [-0.2, -0.15) is 12.3 Å². The van der Waals surface area contributed by atoms with E-state index in [-0.39, 0.29) is 67.8 Å². The average Bonchev–Trinajstić information content (AvgIpc) is 2.24. The third kappa shape index (κ3) is 2860. The van der Waals surface area contributed by atoms with Crippen molar-refractivity contribution in [1.29, 1.82) is 0 Å². The standard InChI is InChI=1S/C3H5O2.C2H6.CO2.2CHO.2CH4.CH3.2Ni/c1-2-3(4)5;1-2;2-1-3;2*1-2;;;;;/h1-2H2,(H,4,5);1-2H3;;2*1H;2*1H4;1H3;;/q-1;;;2*-1;;;-1;2*+2/i;;;2*1D;;;;;. The Hall–Kier alpha value is -0.823. The van der Waals surface area contributed by atoms with Crippen molar-refractivity contribution in [3.05, 3.63) is 14.4 Å². The van der Waals surface area contributed by atoms with Crippen LogP contribution in [0.2, 0.25) is 0 Å². The van der Waals surface area contributed by atoms with Gasteiger partial charge in [-0.05, 0) is 0 Å². The maximum Gasteiger partial charge on any atom is 2.00 e. The zero-order chi connectivity index (χ0) is 14.4. The number of carboxylic acid groups (broad SMARTS) is 1. The molecule has 0 unspecified atom stereocenters. The van der Waals surface area contributed by atoms with E-state index in [4.69, 9.17) is 27.0 Å². The fourth-order valence-electron chi connectivity index (χ4n) is 0. The molecule has 0 radical (unpaired) electrons. The van der Waals surface area contributed by atoms with Crippen molar-refractivity contribution < 1.29 is 64.8 Å². The number of hydrogen-bond donors (Lipinski definition) is 1. The number of carbonyl (C=O) groups is 1. The summed E-state index contributed by atoms with van der Waals surface area (Å²) in [7, 11) is 0. The molecule has 0 spiro atoms. The van der Waals surface area contributed by atoms with Gasteiger partial charge in [0.2, 0.25) is 0 Å². The Morgan fingerprint density at radius 2 is 1.26 bits per heavy atom. The minimum Gasteiger partial charge on any atom is -0.545 e. The first kappa shape index (κ1) is 51.8. The molecular formula is C11H24Ni2O6. The fourth-order valence-corrected chi connectivity index (χ4v) is 0. The van der Waals surface area contributed by atoms with Crippen molar-refractivity contribution in [1.82, 2.24) is 0 Å². The Morgan fingerprint density at radius 3 is 1.26 bits per heavy atom. The van der Waals surface area contributed by atoms with Crippen LogP contribution in [0, 0.1) is 14.4 Å². The van der Waals surface area contributed by atoms with Gasteiger partial charge >= 0.3 is 39.1 Å². The quantitative estimate of drug-likeness (QED) is 0.429. The number of carboxylic acids is 1. The van der Waals surface area contributed by atoms with Gasteiger partial charge in [-0.15, -0.1) is 0 Å². The zero-order valence-electron chi connectivity index (χ0n) is 11.5. The second-order valence-corrected chi connectivity index (χ2v) is 0.727. The molecule has 6 nitrogen and oxygen atoms in total. The summed E-state index contributed by atoms with van der Waals surface area (Å²) < 4.78 is 10.8. The molecule has 8 heteroatoms. The Morgan fingerprint density at radius 1 is 1.21 bits per heavy atom. The van der Waals surface area contributed by atoms with E-state index in [1.165, 1.54) is 0 Å². The van der Waals surface area contributed by atoms with Gasteiger partial charge < -0.3 is 29.0 Å². The summed E-state index contributed by atoms with van der Waals surface area (Å²) in [5.74, 6) is -0.856. The molecule has 0 saturated heterocycles. The molecule has 19 heavy (non-hydrogen) atoms. The monoisotopic (exact) mass is 370 g/mol. The van der Waals surface area contributed by atoms with Crippen LogP contribution in [0.5, 0.6) is 0 Å². The van der Waals surface area contributed by atoms with E-state index in [0.717, 1.165) is 13.5 Å². The Labute approximate surface area is 140 Å². The van der Waals surface area contributed by atoms with Crippen LogP contribution in [0.3, 0.4) is 0 Å². The number of carbonyl (C=O) groups excluding carboxylic acids is 4. The van der Waals surface area contributed by atoms with E-state index in [9.17, 15) is 4.79 Å². The molecule has 0 bridgehead atoms. The van der Waals surface area contributed by atoms with E-state index in [1.54, 1.807) is 0 Å². The van der Waals surface area contributed by atoms with Crippen molar-refractivity contribution in [3.63, 3.8) is 0 Å². The molecule has 124 valence electrons. The minimum absolute atomic E-state index is 0. The molecule has 0 atom stereocenters. The Kier molecular flexibility index (Phi) is 702. The van der Waals surface area contributed by atoms with Crippen molar-refractivity contribution in [2.75, 3.05) is 0 Å². The Balaban J connectivity index is -0.00000000874. The number of aliphatic carboxylic acids is 1. The van der Waals surface area contributed by atoms with Crippen molar-refractivity contribution in [2.45, 2.75) is 35.1 Å². The summed E-state index contributed by atoms with van der Waals surface area (Å²) >= 11 is 0. The van der Waals surface area contributed by atoms with Gasteiger partial charge in [0.15, 0.2) is 0 Å². The maximum atomic E-state index is 9.31. The second-order valence-electron chi connectivity index (χ2n) is 0.727. The molecule has 0 aromatic heterocycles. The number of rotatable bonds is 1. The summed E-state index contributed by atoms with van der Waals surface area (Å²) in [5.41, 5.74) is 0. The zero-order valence-corrected chi connectivity index (χ0v) is 11.5. The third-order valence-corrected chi connectivity index (χ3v) is 0.214. The van der Waals surface area contributed by atoms with E-state index < -0.39 is 5.97 Å². The summed E-state index contributed by atoms with van der Waals surface area (Å²) in [6.45, 7) is 8.59. The van der Waals surface area contributed by atoms with Crippen LogP contribution in [-0.2, 0) is 57.0 Å². The van der Waals surface area contributed by atoms with Crippen LogP contribution in [0.1, 0.15) is 37.9 Å². The van der Waals surface area contributed by atoms with Gasteiger partial charge in [0, 0.05) is 0 Å². The predicted molar refractivity (Wildman–Crippen MR) is 67.3 cm³/mol.